The second kappa shape index (κ2) is 3.51. The number of nitrogens with zero attached hydrogens (tertiary/aromatic N) is 1. The molecule has 5 heteroatoms. The summed E-state index contributed by atoms with van der Waals surface area (Å²) in [6.07, 6.45) is 2.36. The van der Waals surface area contributed by atoms with E-state index in [9.17, 15) is 4.79 Å². The molecule has 4 nitrogen and oxygen atoms in total. The Kier molecular flexibility index (Phi) is 2.37. The lowest BCUT2D eigenvalue weighted by molar-refractivity contribution is -0.0769. The molecule has 1 fully saturated rings. The zero-order valence-corrected chi connectivity index (χ0v) is 8.41. The van der Waals surface area contributed by atoms with E-state index in [-0.39, 0.29) is 5.91 Å². The molecule has 1 amide bonds. The normalized spacial score (nSPS) is 16.5. The van der Waals surface area contributed by atoms with Gasteiger partial charge in [-0.15, -0.1) is 0 Å². The minimum atomic E-state index is -0.155. The van der Waals surface area contributed by atoms with Gasteiger partial charge in [-0.1, -0.05) is 0 Å². The smallest absolute Gasteiger partial charge is 0.281 e. The molecule has 1 aromatic heterocycles. The molecular weight excluding hydrogens is 238 g/mol. The molecule has 2 heterocycles. The van der Waals surface area contributed by atoms with Crippen LogP contribution in [0.1, 0.15) is 16.8 Å². The fraction of sp³-hybridized carbons (Fsp3) is 0.375. The number of amides is 1. The van der Waals surface area contributed by atoms with Crippen molar-refractivity contribution in [3.8, 4) is 0 Å². The number of halogens is 1. The Morgan fingerprint density at radius 2 is 2.46 bits per heavy atom. The first-order chi connectivity index (χ1) is 6.29. The van der Waals surface area contributed by atoms with E-state index in [2.05, 4.69) is 15.9 Å². The van der Waals surface area contributed by atoms with Crippen LogP contribution in [0.25, 0.3) is 0 Å². The van der Waals surface area contributed by atoms with Crippen LogP contribution in [-0.2, 0) is 4.84 Å². The minimum absolute atomic E-state index is 0.155. The van der Waals surface area contributed by atoms with E-state index < -0.39 is 0 Å². The predicted octanol–water partition coefficient (Wildman–Crippen LogP) is 1.82. The van der Waals surface area contributed by atoms with Crippen molar-refractivity contribution in [3.63, 3.8) is 0 Å². The average molecular weight is 246 g/mol. The van der Waals surface area contributed by atoms with Gasteiger partial charge in [-0.2, -0.15) is 0 Å². The molecule has 0 unspecified atom stereocenters. The number of hydrogen-bond acceptors (Lipinski definition) is 3. The van der Waals surface area contributed by atoms with Gasteiger partial charge in [-0.25, -0.2) is 5.06 Å². The Bertz CT molecular complexity index is 317. The van der Waals surface area contributed by atoms with Gasteiger partial charge < -0.3 is 4.42 Å². The van der Waals surface area contributed by atoms with Crippen molar-refractivity contribution >= 4 is 21.8 Å². The highest BCUT2D eigenvalue weighted by Crippen LogP contribution is 2.20. The van der Waals surface area contributed by atoms with Crippen LogP contribution in [0.15, 0.2) is 21.4 Å². The van der Waals surface area contributed by atoms with E-state index in [1.807, 2.05) is 0 Å². The van der Waals surface area contributed by atoms with Gasteiger partial charge in [-0.05, 0) is 28.4 Å². The lowest BCUT2D eigenvalue weighted by Crippen LogP contribution is -2.26. The lowest BCUT2D eigenvalue weighted by atomic mass is 10.3. The zero-order chi connectivity index (χ0) is 9.26. The van der Waals surface area contributed by atoms with Crippen LogP contribution in [0.3, 0.4) is 0 Å². The van der Waals surface area contributed by atoms with Gasteiger partial charge in [-0.3, -0.25) is 9.63 Å². The number of furan rings is 1. The van der Waals surface area contributed by atoms with Crippen LogP contribution in [0.2, 0.25) is 0 Å². The second-order valence-corrected chi connectivity index (χ2v) is 3.42. The van der Waals surface area contributed by atoms with E-state index in [1.165, 1.54) is 11.3 Å². The van der Waals surface area contributed by atoms with Gasteiger partial charge in [0.2, 0.25) is 0 Å². The number of hydrogen-bond donors (Lipinski definition) is 0. The number of carbonyl (C=O) groups excluding carboxylic acids is 1. The molecule has 1 aliphatic rings. The molecular formula is C8H8BrNO3. The van der Waals surface area contributed by atoms with Gasteiger partial charge >= 0.3 is 0 Å². The third-order valence-corrected chi connectivity index (χ3v) is 2.44. The van der Waals surface area contributed by atoms with Gasteiger partial charge in [0.1, 0.15) is 0 Å². The summed E-state index contributed by atoms with van der Waals surface area (Å²) in [6.45, 7) is 1.26. The summed E-state index contributed by atoms with van der Waals surface area (Å²) in [4.78, 5) is 16.8. The minimum Gasteiger partial charge on any atom is -0.457 e. The SMILES string of the molecule is O=C(c1ccoc1Br)N1CCCO1. The summed E-state index contributed by atoms with van der Waals surface area (Å²) in [7, 11) is 0. The summed E-state index contributed by atoms with van der Waals surface area (Å²) in [5.41, 5.74) is 0.502. The fourth-order valence-electron chi connectivity index (χ4n) is 1.19. The summed E-state index contributed by atoms with van der Waals surface area (Å²) in [6, 6.07) is 1.62. The van der Waals surface area contributed by atoms with Crippen LogP contribution in [0, 0.1) is 0 Å². The molecule has 1 aromatic rings. The maximum Gasteiger partial charge on any atom is 0.281 e. The van der Waals surface area contributed by atoms with E-state index in [0.717, 1.165) is 6.42 Å². The summed E-state index contributed by atoms with van der Waals surface area (Å²) in [5, 5.41) is 1.36. The van der Waals surface area contributed by atoms with Crippen molar-refractivity contribution < 1.29 is 14.0 Å². The molecule has 0 spiro atoms. The van der Waals surface area contributed by atoms with Gasteiger partial charge in [0.15, 0.2) is 4.67 Å². The van der Waals surface area contributed by atoms with Crippen molar-refractivity contribution in [1.82, 2.24) is 5.06 Å². The van der Waals surface area contributed by atoms with Crippen LogP contribution < -0.4 is 0 Å². The van der Waals surface area contributed by atoms with Crippen molar-refractivity contribution in [2.24, 2.45) is 0 Å². The van der Waals surface area contributed by atoms with Crippen molar-refractivity contribution in [3.05, 3.63) is 22.6 Å². The topological polar surface area (TPSA) is 42.7 Å². The Morgan fingerprint density at radius 1 is 1.62 bits per heavy atom. The lowest BCUT2D eigenvalue weighted by Gasteiger charge is -2.12. The highest BCUT2D eigenvalue weighted by Gasteiger charge is 2.23. The summed E-state index contributed by atoms with van der Waals surface area (Å²) < 4.78 is 5.41. The van der Waals surface area contributed by atoms with Gasteiger partial charge in [0.05, 0.1) is 25.0 Å². The Labute approximate surface area is 83.5 Å². The maximum atomic E-state index is 11.6. The Hall–Kier alpha value is -0.810. The van der Waals surface area contributed by atoms with Crippen LogP contribution in [0.5, 0.6) is 0 Å². The molecule has 0 aliphatic carbocycles. The third-order valence-electron chi connectivity index (χ3n) is 1.83. The maximum absolute atomic E-state index is 11.6. The second-order valence-electron chi connectivity index (χ2n) is 2.70. The first kappa shape index (κ1) is 8.77. The van der Waals surface area contributed by atoms with Crippen molar-refractivity contribution in [1.29, 1.82) is 0 Å². The largest absolute Gasteiger partial charge is 0.457 e. The van der Waals surface area contributed by atoms with Gasteiger partial charge in [0, 0.05) is 0 Å². The van der Waals surface area contributed by atoms with Crippen molar-refractivity contribution in [2.45, 2.75) is 6.42 Å². The van der Waals surface area contributed by atoms with E-state index in [4.69, 9.17) is 9.25 Å². The Morgan fingerprint density at radius 3 is 3.00 bits per heavy atom. The molecule has 0 N–H and O–H groups in total. The molecule has 0 bridgehead atoms. The molecule has 0 atom stereocenters. The molecule has 70 valence electrons. The highest BCUT2D eigenvalue weighted by molar-refractivity contribution is 9.10. The molecule has 2 rings (SSSR count). The fourth-order valence-corrected chi connectivity index (χ4v) is 1.60. The van der Waals surface area contributed by atoms with Crippen LogP contribution in [0.4, 0.5) is 0 Å². The van der Waals surface area contributed by atoms with Crippen LogP contribution in [-0.4, -0.2) is 24.1 Å². The molecule has 0 aromatic carbocycles. The zero-order valence-electron chi connectivity index (χ0n) is 6.83. The Balaban J connectivity index is 2.17. The van der Waals surface area contributed by atoms with E-state index in [0.29, 0.717) is 23.4 Å². The highest BCUT2D eigenvalue weighted by atomic mass is 79.9. The monoisotopic (exact) mass is 245 g/mol. The number of hydroxylamine groups is 2. The molecule has 13 heavy (non-hydrogen) atoms. The predicted molar refractivity (Wildman–Crippen MR) is 48.0 cm³/mol. The van der Waals surface area contributed by atoms with E-state index >= 15 is 0 Å². The molecule has 1 aliphatic heterocycles. The first-order valence-corrected chi connectivity index (χ1v) is 4.76. The summed E-state index contributed by atoms with van der Waals surface area (Å²) >= 11 is 3.14. The molecule has 0 radical (unpaired) electrons. The number of rotatable bonds is 1. The van der Waals surface area contributed by atoms with Crippen LogP contribution >= 0.6 is 15.9 Å². The molecule has 0 saturated carbocycles. The third kappa shape index (κ3) is 1.62. The quantitative estimate of drug-likeness (QED) is 0.758. The first-order valence-electron chi connectivity index (χ1n) is 3.97. The van der Waals surface area contributed by atoms with Gasteiger partial charge in [0.25, 0.3) is 5.91 Å². The van der Waals surface area contributed by atoms with E-state index in [1.54, 1.807) is 6.07 Å². The number of carbonyl (C=O) groups is 1. The van der Waals surface area contributed by atoms with Crippen molar-refractivity contribution in [2.75, 3.05) is 13.2 Å². The standard InChI is InChI=1S/C8H8BrNO3/c9-7-6(2-5-12-7)8(11)10-3-1-4-13-10/h2,5H,1,3-4H2. The molecule has 1 saturated heterocycles. The average Bonchev–Trinajstić information content (AvgIpc) is 2.72. The summed E-state index contributed by atoms with van der Waals surface area (Å²) in [5.74, 6) is -0.155.